The summed E-state index contributed by atoms with van der Waals surface area (Å²) in [6.45, 7) is 6.05. The fourth-order valence-electron chi connectivity index (χ4n) is 3.60. The van der Waals surface area contributed by atoms with Gasteiger partial charge < -0.3 is 5.32 Å². The lowest BCUT2D eigenvalue weighted by atomic mass is 9.93. The van der Waals surface area contributed by atoms with E-state index in [1.165, 1.54) is 56.6 Å². The molecule has 1 spiro atoms. The van der Waals surface area contributed by atoms with Crippen molar-refractivity contribution in [3.63, 3.8) is 0 Å². The van der Waals surface area contributed by atoms with Gasteiger partial charge in [-0.2, -0.15) is 0 Å². The van der Waals surface area contributed by atoms with E-state index in [0.29, 0.717) is 11.6 Å². The van der Waals surface area contributed by atoms with Crippen LogP contribution < -0.4 is 5.32 Å². The Morgan fingerprint density at radius 2 is 2.28 bits per heavy atom. The van der Waals surface area contributed by atoms with Gasteiger partial charge in [-0.25, -0.2) is 0 Å². The summed E-state index contributed by atoms with van der Waals surface area (Å²) in [4.78, 5) is 4.24. The SMILES string of the molecule is CC(Cc1cccs1)N1CCNC2(CCCC2)C1. The first kappa shape index (κ1) is 12.6. The minimum absolute atomic E-state index is 0.460. The van der Waals surface area contributed by atoms with Crippen molar-refractivity contribution in [2.75, 3.05) is 19.6 Å². The zero-order valence-corrected chi connectivity index (χ0v) is 12.1. The molecule has 100 valence electrons. The molecule has 1 N–H and O–H groups in total. The van der Waals surface area contributed by atoms with Crippen molar-refractivity contribution in [3.05, 3.63) is 22.4 Å². The number of hydrogen-bond donors (Lipinski definition) is 1. The molecular weight excluding hydrogens is 240 g/mol. The van der Waals surface area contributed by atoms with E-state index in [9.17, 15) is 0 Å². The first-order chi connectivity index (χ1) is 8.77. The van der Waals surface area contributed by atoms with E-state index in [1.807, 2.05) is 11.3 Å². The second-order valence-electron chi connectivity index (χ2n) is 6.02. The summed E-state index contributed by atoms with van der Waals surface area (Å²) in [6, 6.07) is 5.13. The molecule has 1 saturated carbocycles. The summed E-state index contributed by atoms with van der Waals surface area (Å²) in [5.41, 5.74) is 0.460. The summed E-state index contributed by atoms with van der Waals surface area (Å²) in [7, 11) is 0. The molecule has 0 aromatic carbocycles. The van der Waals surface area contributed by atoms with Crippen LogP contribution in [0.2, 0.25) is 0 Å². The third-order valence-electron chi connectivity index (χ3n) is 4.67. The van der Waals surface area contributed by atoms with Crippen molar-refractivity contribution >= 4 is 11.3 Å². The number of nitrogens with one attached hydrogen (secondary N) is 1. The van der Waals surface area contributed by atoms with Crippen LogP contribution in [0, 0.1) is 0 Å². The Morgan fingerprint density at radius 3 is 3.00 bits per heavy atom. The molecule has 2 fully saturated rings. The van der Waals surface area contributed by atoms with Crippen LogP contribution in [0.5, 0.6) is 0 Å². The predicted molar refractivity (Wildman–Crippen MR) is 78.3 cm³/mol. The van der Waals surface area contributed by atoms with Crippen LogP contribution in [-0.4, -0.2) is 36.1 Å². The van der Waals surface area contributed by atoms with Crippen molar-refractivity contribution in [2.24, 2.45) is 0 Å². The van der Waals surface area contributed by atoms with Crippen molar-refractivity contribution < 1.29 is 0 Å². The van der Waals surface area contributed by atoms with E-state index < -0.39 is 0 Å². The van der Waals surface area contributed by atoms with Crippen molar-refractivity contribution in [1.29, 1.82) is 0 Å². The second-order valence-corrected chi connectivity index (χ2v) is 7.05. The average molecular weight is 264 g/mol. The lowest BCUT2D eigenvalue weighted by molar-refractivity contribution is 0.101. The molecule has 2 nitrogen and oxygen atoms in total. The van der Waals surface area contributed by atoms with Gasteiger partial charge in [-0.15, -0.1) is 11.3 Å². The van der Waals surface area contributed by atoms with Gasteiger partial charge in [0, 0.05) is 36.1 Å². The lowest BCUT2D eigenvalue weighted by Gasteiger charge is -2.44. The molecule has 1 atom stereocenters. The molecule has 1 aromatic rings. The highest BCUT2D eigenvalue weighted by atomic mass is 32.1. The summed E-state index contributed by atoms with van der Waals surface area (Å²) >= 11 is 1.90. The third kappa shape index (κ3) is 2.63. The maximum absolute atomic E-state index is 3.80. The minimum atomic E-state index is 0.460. The molecule has 1 aliphatic carbocycles. The Morgan fingerprint density at radius 1 is 1.44 bits per heavy atom. The van der Waals surface area contributed by atoms with E-state index in [1.54, 1.807) is 0 Å². The lowest BCUT2D eigenvalue weighted by Crippen LogP contribution is -2.60. The zero-order chi connectivity index (χ0) is 12.4. The standard InChI is InChI=1S/C15H24N2S/c1-13(11-14-5-4-10-18-14)17-9-8-16-15(12-17)6-2-3-7-15/h4-5,10,13,16H,2-3,6-9,11-12H2,1H3. The van der Waals surface area contributed by atoms with Gasteiger partial charge in [-0.05, 0) is 37.6 Å². The van der Waals surface area contributed by atoms with Crippen LogP contribution in [0.25, 0.3) is 0 Å². The quantitative estimate of drug-likeness (QED) is 0.903. The number of thiophene rings is 1. The second kappa shape index (κ2) is 5.32. The highest BCUT2D eigenvalue weighted by Crippen LogP contribution is 2.32. The van der Waals surface area contributed by atoms with Crippen LogP contribution in [0.15, 0.2) is 17.5 Å². The summed E-state index contributed by atoms with van der Waals surface area (Å²) < 4.78 is 0. The van der Waals surface area contributed by atoms with Gasteiger partial charge in [0.15, 0.2) is 0 Å². The molecule has 0 amide bonds. The Balaban J connectivity index is 1.61. The summed E-state index contributed by atoms with van der Waals surface area (Å²) in [5, 5.41) is 5.99. The van der Waals surface area contributed by atoms with Gasteiger partial charge in [0.25, 0.3) is 0 Å². The number of rotatable bonds is 3. The van der Waals surface area contributed by atoms with Gasteiger partial charge in [0.05, 0.1) is 0 Å². The first-order valence-corrected chi connectivity index (χ1v) is 8.17. The maximum atomic E-state index is 3.80. The molecular formula is C15H24N2S. The van der Waals surface area contributed by atoms with Crippen LogP contribution in [0.4, 0.5) is 0 Å². The Bertz CT molecular complexity index is 368. The average Bonchev–Trinajstić information content (AvgIpc) is 3.02. The summed E-state index contributed by atoms with van der Waals surface area (Å²) in [5.74, 6) is 0. The molecule has 2 heterocycles. The third-order valence-corrected chi connectivity index (χ3v) is 5.56. The normalized spacial score (nSPS) is 25.6. The molecule has 3 heteroatoms. The predicted octanol–water partition coefficient (Wildman–Crippen LogP) is 2.90. The van der Waals surface area contributed by atoms with Crippen LogP contribution in [0.3, 0.4) is 0 Å². The fourth-order valence-corrected chi connectivity index (χ4v) is 4.43. The van der Waals surface area contributed by atoms with E-state index in [-0.39, 0.29) is 0 Å². The van der Waals surface area contributed by atoms with Gasteiger partial charge in [-0.3, -0.25) is 4.90 Å². The molecule has 1 aromatic heterocycles. The Kier molecular flexibility index (Phi) is 3.73. The largest absolute Gasteiger partial charge is 0.309 e. The minimum Gasteiger partial charge on any atom is -0.309 e. The molecule has 3 rings (SSSR count). The van der Waals surface area contributed by atoms with Crippen LogP contribution in [0.1, 0.15) is 37.5 Å². The zero-order valence-electron chi connectivity index (χ0n) is 11.3. The maximum Gasteiger partial charge on any atom is 0.0309 e. The fraction of sp³-hybridized carbons (Fsp3) is 0.733. The van der Waals surface area contributed by atoms with E-state index in [0.717, 1.165) is 0 Å². The van der Waals surface area contributed by atoms with E-state index >= 15 is 0 Å². The topological polar surface area (TPSA) is 15.3 Å². The van der Waals surface area contributed by atoms with Gasteiger partial charge >= 0.3 is 0 Å². The van der Waals surface area contributed by atoms with Crippen molar-refractivity contribution in [3.8, 4) is 0 Å². The van der Waals surface area contributed by atoms with Crippen LogP contribution >= 0.6 is 11.3 Å². The molecule has 1 saturated heterocycles. The van der Waals surface area contributed by atoms with Gasteiger partial charge in [0.1, 0.15) is 0 Å². The molecule has 1 unspecified atom stereocenters. The van der Waals surface area contributed by atoms with E-state index in [2.05, 4.69) is 34.7 Å². The summed E-state index contributed by atoms with van der Waals surface area (Å²) in [6.07, 6.45) is 6.82. The molecule has 18 heavy (non-hydrogen) atoms. The van der Waals surface area contributed by atoms with Gasteiger partial charge in [-0.1, -0.05) is 18.9 Å². The molecule has 2 aliphatic rings. The monoisotopic (exact) mass is 264 g/mol. The number of piperazine rings is 1. The first-order valence-electron chi connectivity index (χ1n) is 7.29. The molecule has 0 radical (unpaired) electrons. The molecule has 1 aliphatic heterocycles. The van der Waals surface area contributed by atoms with Crippen molar-refractivity contribution in [1.82, 2.24) is 10.2 Å². The van der Waals surface area contributed by atoms with Crippen LogP contribution in [-0.2, 0) is 6.42 Å². The van der Waals surface area contributed by atoms with Crippen molar-refractivity contribution in [2.45, 2.75) is 50.6 Å². The van der Waals surface area contributed by atoms with Gasteiger partial charge in [0.2, 0.25) is 0 Å². The number of hydrogen-bond acceptors (Lipinski definition) is 3. The highest BCUT2D eigenvalue weighted by Gasteiger charge is 2.38. The number of nitrogens with zero attached hydrogens (tertiary/aromatic N) is 1. The highest BCUT2D eigenvalue weighted by molar-refractivity contribution is 7.09. The smallest absolute Gasteiger partial charge is 0.0309 e. The Labute approximate surface area is 114 Å². The Hall–Kier alpha value is -0.380. The van der Waals surface area contributed by atoms with E-state index in [4.69, 9.17) is 0 Å². The molecule has 0 bridgehead atoms.